The van der Waals surface area contributed by atoms with Crippen LogP contribution < -0.4 is 5.46 Å². The molecule has 0 amide bonds. The van der Waals surface area contributed by atoms with Gasteiger partial charge in [-0.1, -0.05) is 12.1 Å². The Morgan fingerprint density at radius 1 is 1.50 bits per heavy atom. The van der Waals surface area contributed by atoms with E-state index in [-0.39, 0.29) is 11.6 Å². The fourth-order valence-corrected chi connectivity index (χ4v) is 2.18. The molecule has 0 radical (unpaired) electrons. The Labute approximate surface area is 106 Å². The van der Waals surface area contributed by atoms with Gasteiger partial charge < -0.3 is 14.8 Å². The van der Waals surface area contributed by atoms with Crippen molar-refractivity contribution < 1.29 is 19.2 Å². The number of nitrogens with zero attached hydrogens (tertiary/aromatic N) is 1. The first-order valence-corrected chi connectivity index (χ1v) is 6.04. The van der Waals surface area contributed by atoms with Gasteiger partial charge in [0.15, 0.2) is 0 Å². The predicted octanol–water partition coefficient (Wildman–Crippen LogP) is -0.274. The monoisotopic (exact) mass is 253 g/mol. The molecule has 1 unspecified atom stereocenters. The zero-order valence-electron chi connectivity index (χ0n) is 10.3. The molecule has 98 valence electrons. The number of morpholine rings is 1. The molecule has 1 fully saturated rings. The number of benzene rings is 1. The van der Waals surface area contributed by atoms with Crippen molar-refractivity contribution in [2.45, 2.75) is 19.6 Å². The van der Waals surface area contributed by atoms with Gasteiger partial charge in [-0.15, -0.1) is 0 Å². The second-order valence-electron chi connectivity index (χ2n) is 4.65. The average Bonchev–Trinajstić information content (AvgIpc) is 2.31. The zero-order valence-corrected chi connectivity index (χ0v) is 10.3. The van der Waals surface area contributed by atoms with Crippen LogP contribution in [0.3, 0.4) is 0 Å². The highest BCUT2D eigenvalue weighted by Crippen LogP contribution is 2.10. The second kappa shape index (κ2) is 5.80. The highest BCUT2D eigenvalue weighted by Gasteiger charge is 2.19. The number of hydrogen-bond donors (Lipinski definition) is 2. The Morgan fingerprint density at radius 2 is 2.28 bits per heavy atom. The molecule has 2 N–H and O–H groups in total. The van der Waals surface area contributed by atoms with E-state index >= 15 is 0 Å². The van der Waals surface area contributed by atoms with Crippen molar-refractivity contribution in [1.82, 2.24) is 4.90 Å². The van der Waals surface area contributed by atoms with Crippen LogP contribution in [0.1, 0.15) is 12.5 Å². The highest BCUT2D eigenvalue weighted by molar-refractivity contribution is 6.58. The minimum absolute atomic E-state index is 0.0752. The lowest BCUT2D eigenvalue weighted by atomic mass is 9.79. The van der Waals surface area contributed by atoms with Crippen LogP contribution in [-0.4, -0.2) is 47.9 Å². The van der Waals surface area contributed by atoms with E-state index in [1.807, 2.05) is 6.92 Å². The fourth-order valence-electron chi connectivity index (χ4n) is 2.18. The first-order valence-electron chi connectivity index (χ1n) is 6.04. The van der Waals surface area contributed by atoms with Crippen LogP contribution in [-0.2, 0) is 11.3 Å². The predicted molar refractivity (Wildman–Crippen MR) is 66.9 cm³/mol. The van der Waals surface area contributed by atoms with Crippen LogP contribution in [0.25, 0.3) is 0 Å². The summed E-state index contributed by atoms with van der Waals surface area (Å²) >= 11 is 0. The second-order valence-corrected chi connectivity index (χ2v) is 4.65. The van der Waals surface area contributed by atoms with Crippen LogP contribution in [0.5, 0.6) is 0 Å². The molecule has 2 rings (SSSR count). The summed E-state index contributed by atoms with van der Waals surface area (Å²) in [7, 11) is -1.77. The summed E-state index contributed by atoms with van der Waals surface area (Å²) in [6.45, 7) is 5.03. The Hall–Kier alpha value is -0.945. The average molecular weight is 253 g/mol. The molecule has 0 spiro atoms. The molecule has 6 heteroatoms. The SMILES string of the molecule is CC1CN(Cc2ccc(F)c(B(O)O)c2)CCO1. The van der Waals surface area contributed by atoms with Gasteiger partial charge >= 0.3 is 7.12 Å². The maximum Gasteiger partial charge on any atom is 0.491 e. The van der Waals surface area contributed by atoms with Crippen molar-refractivity contribution >= 4 is 12.6 Å². The van der Waals surface area contributed by atoms with Crippen LogP contribution >= 0.6 is 0 Å². The molecular formula is C12H17BFNO3. The maximum atomic E-state index is 13.3. The van der Waals surface area contributed by atoms with Crippen LogP contribution in [0, 0.1) is 5.82 Å². The van der Waals surface area contributed by atoms with Gasteiger partial charge in [-0.2, -0.15) is 0 Å². The largest absolute Gasteiger partial charge is 0.491 e. The van der Waals surface area contributed by atoms with E-state index in [1.54, 1.807) is 6.07 Å². The van der Waals surface area contributed by atoms with Gasteiger partial charge in [0.1, 0.15) is 5.82 Å². The number of hydrogen-bond acceptors (Lipinski definition) is 4. The van der Waals surface area contributed by atoms with Gasteiger partial charge in [-0.25, -0.2) is 4.39 Å². The van der Waals surface area contributed by atoms with E-state index in [1.165, 1.54) is 12.1 Å². The van der Waals surface area contributed by atoms with Gasteiger partial charge in [0, 0.05) is 25.1 Å². The highest BCUT2D eigenvalue weighted by atomic mass is 19.1. The van der Waals surface area contributed by atoms with E-state index in [0.717, 1.165) is 18.7 Å². The van der Waals surface area contributed by atoms with Crippen molar-refractivity contribution in [3.8, 4) is 0 Å². The number of halogens is 1. The molecule has 0 bridgehead atoms. The minimum Gasteiger partial charge on any atom is -0.423 e. The number of rotatable bonds is 3. The Bertz CT molecular complexity index is 416. The van der Waals surface area contributed by atoms with Gasteiger partial charge in [-0.05, 0) is 18.6 Å². The van der Waals surface area contributed by atoms with E-state index in [4.69, 9.17) is 14.8 Å². The molecule has 18 heavy (non-hydrogen) atoms. The third kappa shape index (κ3) is 3.29. The first-order chi connectivity index (χ1) is 8.56. The molecule has 1 aromatic rings. The summed E-state index contributed by atoms with van der Waals surface area (Å²) < 4.78 is 18.8. The van der Waals surface area contributed by atoms with E-state index in [2.05, 4.69) is 4.90 Å². The van der Waals surface area contributed by atoms with Crippen molar-refractivity contribution in [2.24, 2.45) is 0 Å². The quantitative estimate of drug-likeness (QED) is 0.728. The molecule has 0 aromatic heterocycles. The van der Waals surface area contributed by atoms with Crippen LogP contribution in [0.4, 0.5) is 4.39 Å². The van der Waals surface area contributed by atoms with Crippen molar-refractivity contribution in [1.29, 1.82) is 0 Å². The minimum atomic E-state index is -1.77. The molecule has 1 saturated heterocycles. The summed E-state index contributed by atoms with van der Waals surface area (Å²) in [4.78, 5) is 2.20. The standard InChI is InChI=1S/C12H17BFNO3/c1-9-7-15(4-5-18-9)8-10-2-3-12(14)11(6-10)13(16)17/h2-3,6,9,16-17H,4-5,7-8H2,1H3. The van der Waals surface area contributed by atoms with Gasteiger partial charge in [0.2, 0.25) is 0 Å². The molecule has 1 aliphatic rings. The van der Waals surface area contributed by atoms with Crippen molar-refractivity contribution in [3.63, 3.8) is 0 Å². The Morgan fingerprint density at radius 3 is 2.94 bits per heavy atom. The molecule has 1 aromatic carbocycles. The summed E-state index contributed by atoms with van der Waals surface area (Å²) in [6.07, 6.45) is 0.196. The van der Waals surface area contributed by atoms with Crippen molar-refractivity contribution in [2.75, 3.05) is 19.7 Å². The van der Waals surface area contributed by atoms with E-state index in [9.17, 15) is 4.39 Å². The summed E-state index contributed by atoms with van der Waals surface area (Å²) in [5.74, 6) is -0.593. The van der Waals surface area contributed by atoms with Crippen LogP contribution in [0.2, 0.25) is 0 Å². The Kier molecular flexibility index (Phi) is 4.34. The van der Waals surface area contributed by atoms with Gasteiger partial charge in [0.25, 0.3) is 0 Å². The summed E-state index contributed by atoms with van der Waals surface area (Å²) in [5, 5.41) is 18.1. The lowest BCUT2D eigenvalue weighted by Crippen LogP contribution is -2.41. The summed E-state index contributed by atoms with van der Waals surface area (Å²) in [5.41, 5.74) is 0.794. The Balaban J connectivity index is 2.07. The molecule has 1 atom stereocenters. The van der Waals surface area contributed by atoms with E-state index < -0.39 is 12.9 Å². The lowest BCUT2D eigenvalue weighted by molar-refractivity contribution is -0.0212. The number of ether oxygens (including phenoxy) is 1. The third-order valence-electron chi connectivity index (χ3n) is 3.07. The molecule has 1 heterocycles. The van der Waals surface area contributed by atoms with Gasteiger partial charge in [0.05, 0.1) is 12.7 Å². The topological polar surface area (TPSA) is 52.9 Å². The molecule has 4 nitrogen and oxygen atoms in total. The molecule has 0 saturated carbocycles. The van der Waals surface area contributed by atoms with Gasteiger partial charge in [-0.3, -0.25) is 4.90 Å². The normalized spacial score (nSPS) is 21.0. The molecule has 0 aliphatic carbocycles. The first kappa shape index (κ1) is 13.5. The van der Waals surface area contributed by atoms with Crippen molar-refractivity contribution in [3.05, 3.63) is 29.6 Å². The van der Waals surface area contributed by atoms with E-state index in [0.29, 0.717) is 13.2 Å². The smallest absolute Gasteiger partial charge is 0.423 e. The lowest BCUT2D eigenvalue weighted by Gasteiger charge is -2.31. The fraction of sp³-hybridized carbons (Fsp3) is 0.500. The van der Waals surface area contributed by atoms with Crippen LogP contribution in [0.15, 0.2) is 18.2 Å². The molecule has 1 aliphatic heterocycles. The summed E-state index contributed by atoms with van der Waals surface area (Å²) in [6, 6.07) is 4.44. The zero-order chi connectivity index (χ0) is 13.1. The molecular weight excluding hydrogens is 236 g/mol. The maximum absolute atomic E-state index is 13.3. The third-order valence-corrected chi connectivity index (χ3v) is 3.07.